The van der Waals surface area contributed by atoms with E-state index in [1.54, 1.807) is 4.90 Å². The van der Waals surface area contributed by atoms with Crippen LogP contribution < -0.4 is 15.1 Å². The summed E-state index contributed by atoms with van der Waals surface area (Å²) in [5, 5.41) is 2.85. The standard InChI is InChI=1S/C16H21N5O2/c1-3-9-17-15(22)20-12-7-5-6-8-13(12)21-14(20)18-11-19(10-4-2)16(21)23/h5-8H,3-4,9-11H2,1-2H3,(H,17,22). The summed E-state index contributed by atoms with van der Waals surface area (Å²) >= 11 is 0. The molecule has 0 aliphatic carbocycles. The summed E-state index contributed by atoms with van der Waals surface area (Å²) in [7, 11) is 0. The molecule has 0 aromatic heterocycles. The highest BCUT2D eigenvalue weighted by Crippen LogP contribution is 2.38. The van der Waals surface area contributed by atoms with Crippen LogP contribution in [0.5, 0.6) is 0 Å². The van der Waals surface area contributed by atoms with Gasteiger partial charge < -0.3 is 10.2 Å². The number of benzene rings is 1. The monoisotopic (exact) mass is 315 g/mol. The van der Waals surface area contributed by atoms with E-state index in [0.717, 1.165) is 12.8 Å². The molecule has 1 N–H and O–H groups in total. The maximum absolute atomic E-state index is 12.8. The Morgan fingerprint density at radius 3 is 2.65 bits per heavy atom. The van der Waals surface area contributed by atoms with Crippen LogP contribution >= 0.6 is 0 Å². The first kappa shape index (κ1) is 15.3. The molecule has 1 aromatic carbocycles. The van der Waals surface area contributed by atoms with Gasteiger partial charge >= 0.3 is 12.1 Å². The first-order valence-electron chi connectivity index (χ1n) is 7.99. The topological polar surface area (TPSA) is 68.2 Å². The van der Waals surface area contributed by atoms with E-state index in [9.17, 15) is 9.59 Å². The van der Waals surface area contributed by atoms with Gasteiger partial charge in [0.15, 0.2) is 0 Å². The van der Waals surface area contributed by atoms with Crippen molar-refractivity contribution in [1.82, 2.24) is 10.2 Å². The fourth-order valence-corrected chi connectivity index (χ4v) is 2.79. The molecule has 7 heteroatoms. The third kappa shape index (κ3) is 2.52. The van der Waals surface area contributed by atoms with E-state index in [0.29, 0.717) is 30.4 Å². The van der Waals surface area contributed by atoms with E-state index in [2.05, 4.69) is 10.3 Å². The number of carbonyl (C=O) groups is 2. The van der Waals surface area contributed by atoms with Gasteiger partial charge in [-0.05, 0) is 25.0 Å². The maximum atomic E-state index is 12.8. The molecule has 0 spiro atoms. The number of rotatable bonds is 4. The second kappa shape index (κ2) is 6.28. The van der Waals surface area contributed by atoms with Gasteiger partial charge in [-0.3, -0.25) is 0 Å². The number of guanidine groups is 1. The molecule has 0 atom stereocenters. The molecule has 0 unspecified atom stereocenters. The van der Waals surface area contributed by atoms with Crippen molar-refractivity contribution in [1.29, 1.82) is 0 Å². The number of carbonyl (C=O) groups excluding carboxylic acids is 2. The lowest BCUT2D eigenvalue weighted by Gasteiger charge is -2.32. The summed E-state index contributed by atoms with van der Waals surface area (Å²) in [6.07, 6.45) is 1.72. The van der Waals surface area contributed by atoms with Gasteiger partial charge in [-0.25, -0.2) is 24.4 Å². The van der Waals surface area contributed by atoms with E-state index in [1.165, 1.54) is 9.80 Å². The van der Waals surface area contributed by atoms with Crippen LogP contribution in [0.4, 0.5) is 21.0 Å². The average molecular weight is 315 g/mol. The lowest BCUT2D eigenvalue weighted by Crippen LogP contribution is -2.55. The van der Waals surface area contributed by atoms with Gasteiger partial charge in [-0.1, -0.05) is 26.0 Å². The average Bonchev–Trinajstić information content (AvgIpc) is 2.90. The van der Waals surface area contributed by atoms with Crippen molar-refractivity contribution in [3.8, 4) is 0 Å². The smallest absolute Gasteiger partial charge is 0.333 e. The number of para-hydroxylation sites is 2. The molecule has 0 radical (unpaired) electrons. The summed E-state index contributed by atoms with van der Waals surface area (Å²) in [6, 6.07) is 7.00. The highest BCUT2D eigenvalue weighted by atomic mass is 16.2. The van der Waals surface area contributed by atoms with Gasteiger partial charge in [-0.15, -0.1) is 0 Å². The Kier molecular flexibility index (Phi) is 4.18. The molecule has 4 amide bonds. The Morgan fingerprint density at radius 1 is 1.22 bits per heavy atom. The van der Waals surface area contributed by atoms with Gasteiger partial charge in [0, 0.05) is 13.1 Å². The van der Waals surface area contributed by atoms with E-state index >= 15 is 0 Å². The fraction of sp³-hybridized carbons (Fsp3) is 0.438. The summed E-state index contributed by atoms with van der Waals surface area (Å²) in [5.41, 5.74) is 1.38. The number of anilines is 2. The van der Waals surface area contributed by atoms with Crippen LogP contribution in [-0.2, 0) is 0 Å². The van der Waals surface area contributed by atoms with Crippen molar-refractivity contribution in [2.45, 2.75) is 26.7 Å². The number of nitrogens with one attached hydrogen (secondary N) is 1. The molecule has 0 saturated heterocycles. The van der Waals surface area contributed by atoms with Crippen LogP contribution in [0.15, 0.2) is 29.3 Å². The number of hydrogen-bond acceptors (Lipinski definition) is 3. The molecule has 1 aromatic rings. The summed E-state index contributed by atoms with van der Waals surface area (Å²) in [6.45, 7) is 5.53. The van der Waals surface area contributed by atoms with Gasteiger partial charge in [0.2, 0.25) is 5.96 Å². The molecule has 7 nitrogen and oxygen atoms in total. The van der Waals surface area contributed by atoms with E-state index in [1.807, 2.05) is 38.1 Å². The highest BCUT2D eigenvalue weighted by molar-refractivity contribution is 6.35. The Balaban J connectivity index is 1.99. The molecule has 3 rings (SSSR count). The lowest BCUT2D eigenvalue weighted by molar-refractivity contribution is 0.207. The number of aliphatic imine (C=N–C) groups is 1. The molecule has 23 heavy (non-hydrogen) atoms. The van der Waals surface area contributed by atoms with Gasteiger partial charge in [0.25, 0.3) is 0 Å². The number of urea groups is 2. The zero-order valence-corrected chi connectivity index (χ0v) is 13.5. The van der Waals surface area contributed by atoms with Gasteiger partial charge in [0.05, 0.1) is 11.4 Å². The van der Waals surface area contributed by atoms with E-state index in [4.69, 9.17) is 0 Å². The minimum atomic E-state index is -0.253. The molecule has 2 aliphatic heterocycles. The van der Waals surface area contributed by atoms with Gasteiger partial charge in [0.1, 0.15) is 6.67 Å². The van der Waals surface area contributed by atoms with Crippen LogP contribution in [0.3, 0.4) is 0 Å². The normalized spacial score (nSPS) is 16.2. The third-order valence-electron chi connectivity index (χ3n) is 3.83. The quantitative estimate of drug-likeness (QED) is 0.928. The van der Waals surface area contributed by atoms with Crippen molar-refractivity contribution in [3.63, 3.8) is 0 Å². The predicted molar refractivity (Wildman–Crippen MR) is 89.8 cm³/mol. The molecule has 0 bridgehead atoms. The number of amides is 4. The zero-order valence-electron chi connectivity index (χ0n) is 13.5. The molecular weight excluding hydrogens is 294 g/mol. The molecule has 0 saturated carbocycles. The lowest BCUT2D eigenvalue weighted by atomic mass is 10.2. The largest absolute Gasteiger partial charge is 0.337 e. The molecular formula is C16H21N5O2. The SMILES string of the molecule is CCCNC(=O)N1C2=NCN(CCC)C(=O)N2c2ccccc21. The van der Waals surface area contributed by atoms with E-state index in [-0.39, 0.29) is 18.7 Å². The Hall–Kier alpha value is -2.57. The van der Waals surface area contributed by atoms with Crippen LogP contribution in [0.25, 0.3) is 0 Å². The van der Waals surface area contributed by atoms with Crippen molar-refractivity contribution >= 4 is 29.4 Å². The fourth-order valence-electron chi connectivity index (χ4n) is 2.79. The molecule has 2 aliphatic rings. The Labute approximate surface area is 135 Å². The second-order valence-corrected chi connectivity index (χ2v) is 5.54. The van der Waals surface area contributed by atoms with E-state index < -0.39 is 0 Å². The van der Waals surface area contributed by atoms with Crippen LogP contribution in [-0.4, -0.2) is 42.7 Å². The first-order chi connectivity index (χ1) is 11.2. The van der Waals surface area contributed by atoms with Crippen LogP contribution in [0.2, 0.25) is 0 Å². The summed E-state index contributed by atoms with van der Waals surface area (Å²) in [4.78, 5) is 34.5. The molecule has 122 valence electrons. The second-order valence-electron chi connectivity index (χ2n) is 5.54. The minimum Gasteiger partial charge on any atom is -0.337 e. The van der Waals surface area contributed by atoms with Crippen molar-refractivity contribution in [2.24, 2.45) is 4.99 Å². The van der Waals surface area contributed by atoms with Crippen molar-refractivity contribution in [2.75, 3.05) is 29.6 Å². The summed E-state index contributed by atoms with van der Waals surface area (Å²) in [5.74, 6) is 0.386. The maximum Gasteiger partial charge on any atom is 0.333 e. The van der Waals surface area contributed by atoms with Crippen molar-refractivity contribution < 1.29 is 9.59 Å². The van der Waals surface area contributed by atoms with Gasteiger partial charge in [-0.2, -0.15) is 0 Å². The number of fused-ring (bicyclic) bond motifs is 3. The summed E-state index contributed by atoms with van der Waals surface area (Å²) < 4.78 is 0. The minimum absolute atomic E-state index is 0.130. The zero-order chi connectivity index (χ0) is 16.4. The Bertz CT molecular complexity index is 643. The van der Waals surface area contributed by atoms with Crippen LogP contribution in [0.1, 0.15) is 26.7 Å². The van der Waals surface area contributed by atoms with Crippen molar-refractivity contribution in [3.05, 3.63) is 24.3 Å². The predicted octanol–water partition coefficient (Wildman–Crippen LogP) is 2.59. The highest BCUT2D eigenvalue weighted by Gasteiger charge is 2.43. The Morgan fingerprint density at radius 2 is 1.96 bits per heavy atom. The number of nitrogens with zero attached hydrogens (tertiary/aromatic N) is 4. The molecule has 2 heterocycles. The third-order valence-corrected chi connectivity index (χ3v) is 3.83. The van der Waals surface area contributed by atoms with Crippen LogP contribution in [0, 0.1) is 0 Å². The number of hydrogen-bond donors (Lipinski definition) is 1. The first-order valence-corrected chi connectivity index (χ1v) is 7.99. The molecule has 0 fully saturated rings.